The molecular formula is C17H28N2OS. The normalized spacial score (nSPS) is 12.2. The molecule has 1 atom stereocenters. The summed E-state index contributed by atoms with van der Waals surface area (Å²) in [5.41, 5.74) is 1.29. The summed E-state index contributed by atoms with van der Waals surface area (Å²) in [7, 11) is 0. The Morgan fingerprint density at radius 1 is 1.19 bits per heavy atom. The molecule has 0 saturated carbocycles. The molecule has 0 aliphatic heterocycles. The Kier molecular flexibility index (Phi) is 8.47. The van der Waals surface area contributed by atoms with Crippen molar-refractivity contribution in [3.05, 3.63) is 29.8 Å². The number of benzene rings is 1. The van der Waals surface area contributed by atoms with Crippen LogP contribution in [0.5, 0.6) is 0 Å². The molecule has 0 aliphatic rings. The summed E-state index contributed by atoms with van der Waals surface area (Å²) in [5, 5.41) is 3.48. The SMILES string of the molecule is CCCNC(C)c1ccc(SCC(=O)N(CC)CC)cc1. The van der Waals surface area contributed by atoms with E-state index in [-0.39, 0.29) is 5.91 Å². The molecular weight excluding hydrogens is 280 g/mol. The van der Waals surface area contributed by atoms with Crippen molar-refractivity contribution in [2.75, 3.05) is 25.4 Å². The Labute approximate surface area is 133 Å². The van der Waals surface area contributed by atoms with Crippen molar-refractivity contribution in [2.24, 2.45) is 0 Å². The van der Waals surface area contributed by atoms with E-state index in [1.54, 1.807) is 11.8 Å². The highest BCUT2D eigenvalue weighted by Crippen LogP contribution is 2.21. The second kappa shape index (κ2) is 9.85. The van der Waals surface area contributed by atoms with Crippen LogP contribution in [0.1, 0.15) is 45.7 Å². The fourth-order valence-corrected chi connectivity index (χ4v) is 2.95. The van der Waals surface area contributed by atoms with Crippen molar-refractivity contribution < 1.29 is 4.79 Å². The van der Waals surface area contributed by atoms with Gasteiger partial charge in [-0.05, 0) is 51.4 Å². The first-order valence-corrected chi connectivity index (χ1v) is 8.84. The van der Waals surface area contributed by atoms with Gasteiger partial charge in [-0.2, -0.15) is 0 Å². The van der Waals surface area contributed by atoms with E-state index in [4.69, 9.17) is 0 Å². The first-order chi connectivity index (χ1) is 10.1. The van der Waals surface area contributed by atoms with E-state index in [0.29, 0.717) is 11.8 Å². The third kappa shape index (κ3) is 6.10. The van der Waals surface area contributed by atoms with Crippen LogP contribution in [-0.2, 0) is 4.79 Å². The summed E-state index contributed by atoms with van der Waals surface area (Å²) in [6.07, 6.45) is 1.14. The molecule has 1 N–H and O–H groups in total. The zero-order valence-corrected chi connectivity index (χ0v) is 14.5. The Morgan fingerprint density at radius 3 is 2.33 bits per heavy atom. The maximum Gasteiger partial charge on any atom is 0.232 e. The topological polar surface area (TPSA) is 32.3 Å². The van der Waals surface area contributed by atoms with Crippen LogP contribution < -0.4 is 5.32 Å². The molecule has 0 aromatic heterocycles. The lowest BCUT2D eigenvalue weighted by atomic mass is 10.1. The molecule has 3 nitrogen and oxygen atoms in total. The molecule has 0 heterocycles. The van der Waals surface area contributed by atoms with Gasteiger partial charge in [0.15, 0.2) is 0 Å². The third-order valence-corrected chi connectivity index (χ3v) is 4.56. The minimum absolute atomic E-state index is 0.215. The van der Waals surface area contributed by atoms with Crippen molar-refractivity contribution >= 4 is 17.7 Å². The van der Waals surface area contributed by atoms with Crippen molar-refractivity contribution in [3.8, 4) is 0 Å². The number of nitrogens with zero attached hydrogens (tertiary/aromatic N) is 1. The van der Waals surface area contributed by atoms with E-state index in [1.165, 1.54) is 5.56 Å². The zero-order chi connectivity index (χ0) is 15.7. The van der Waals surface area contributed by atoms with Crippen molar-refractivity contribution in [3.63, 3.8) is 0 Å². The molecule has 1 unspecified atom stereocenters. The molecule has 1 aromatic rings. The zero-order valence-electron chi connectivity index (χ0n) is 13.7. The molecule has 118 valence electrons. The average molecular weight is 308 g/mol. The predicted octanol–water partition coefficient (Wildman–Crippen LogP) is 3.71. The first kappa shape index (κ1) is 18.1. The maximum atomic E-state index is 12.0. The molecule has 21 heavy (non-hydrogen) atoms. The number of nitrogens with one attached hydrogen (secondary N) is 1. The van der Waals surface area contributed by atoms with E-state index in [0.717, 1.165) is 31.0 Å². The molecule has 4 heteroatoms. The van der Waals surface area contributed by atoms with Gasteiger partial charge in [0.1, 0.15) is 0 Å². The number of hydrogen-bond donors (Lipinski definition) is 1. The summed E-state index contributed by atoms with van der Waals surface area (Å²) >= 11 is 1.61. The van der Waals surface area contributed by atoms with Gasteiger partial charge in [-0.15, -0.1) is 11.8 Å². The molecule has 1 amide bonds. The molecule has 0 radical (unpaired) electrons. The van der Waals surface area contributed by atoms with Crippen molar-refractivity contribution in [2.45, 2.75) is 45.1 Å². The van der Waals surface area contributed by atoms with Crippen molar-refractivity contribution in [1.82, 2.24) is 10.2 Å². The number of hydrogen-bond acceptors (Lipinski definition) is 3. The first-order valence-electron chi connectivity index (χ1n) is 7.86. The third-order valence-electron chi connectivity index (χ3n) is 3.56. The highest BCUT2D eigenvalue weighted by molar-refractivity contribution is 8.00. The Morgan fingerprint density at radius 2 is 1.81 bits per heavy atom. The lowest BCUT2D eigenvalue weighted by Gasteiger charge is -2.18. The van der Waals surface area contributed by atoms with Gasteiger partial charge in [0, 0.05) is 24.0 Å². The standard InChI is InChI=1S/C17H28N2OS/c1-5-12-18-14(4)15-8-10-16(11-9-15)21-13-17(20)19(6-2)7-3/h8-11,14,18H,5-7,12-13H2,1-4H3. The van der Waals surface area contributed by atoms with Crippen LogP contribution in [-0.4, -0.2) is 36.2 Å². The number of thioether (sulfide) groups is 1. The van der Waals surface area contributed by atoms with Gasteiger partial charge in [0.05, 0.1) is 5.75 Å². The van der Waals surface area contributed by atoms with Gasteiger partial charge in [-0.1, -0.05) is 19.1 Å². The highest BCUT2D eigenvalue weighted by atomic mass is 32.2. The average Bonchev–Trinajstić information content (AvgIpc) is 2.52. The van der Waals surface area contributed by atoms with Crippen LogP contribution in [0.25, 0.3) is 0 Å². The van der Waals surface area contributed by atoms with Crippen LogP contribution in [0.15, 0.2) is 29.2 Å². The summed E-state index contributed by atoms with van der Waals surface area (Å²) < 4.78 is 0. The lowest BCUT2D eigenvalue weighted by Crippen LogP contribution is -2.31. The second-order valence-electron chi connectivity index (χ2n) is 5.10. The Hall–Kier alpha value is -1.00. The van der Waals surface area contributed by atoms with E-state index in [1.807, 2.05) is 18.7 Å². The van der Waals surface area contributed by atoms with E-state index in [9.17, 15) is 4.79 Å². The van der Waals surface area contributed by atoms with Gasteiger partial charge in [-0.3, -0.25) is 4.79 Å². The highest BCUT2D eigenvalue weighted by Gasteiger charge is 2.10. The largest absolute Gasteiger partial charge is 0.343 e. The monoisotopic (exact) mass is 308 g/mol. The fraction of sp³-hybridized carbons (Fsp3) is 0.588. The van der Waals surface area contributed by atoms with Crippen LogP contribution >= 0.6 is 11.8 Å². The Balaban J connectivity index is 2.49. The maximum absolute atomic E-state index is 12.0. The summed E-state index contributed by atoms with van der Waals surface area (Å²) in [6, 6.07) is 8.90. The predicted molar refractivity (Wildman–Crippen MR) is 91.8 cm³/mol. The molecule has 0 saturated heterocycles. The number of carbonyl (C=O) groups is 1. The molecule has 1 rings (SSSR count). The van der Waals surface area contributed by atoms with Crippen LogP contribution in [0.3, 0.4) is 0 Å². The molecule has 0 fully saturated rings. The quantitative estimate of drug-likeness (QED) is 0.706. The van der Waals surface area contributed by atoms with Gasteiger partial charge in [0.2, 0.25) is 5.91 Å². The van der Waals surface area contributed by atoms with Gasteiger partial charge < -0.3 is 10.2 Å². The van der Waals surface area contributed by atoms with Gasteiger partial charge in [0.25, 0.3) is 0 Å². The summed E-state index contributed by atoms with van der Waals surface area (Å²) in [6.45, 7) is 11.0. The minimum atomic E-state index is 0.215. The molecule has 1 aromatic carbocycles. The smallest absolute Gasteiger partial charge is 0.232 e. The molecule has 0 bridgehead atoms. The summed E-state index contributed by atoms with van der Waals surface area (Å²) in [4.78, 5) is 15.0. The van der Waals surface area contributed by atoms with Crippen LogP contribution in [0, 0.1) is 0 Å². The van der Waals surface area contributed by atoms with Gasteiger partial charge in [-0.25, -0.2) is 0 Å². The van der Waals surface area contributed by atoms with E-state index >= 15 is 0 Å². The fourth-order valence-electron chi connectivity index (χ4n) is 2.14. The van der Waals surface area contributed by atoms with Crippen LogP contribution in [0.4, 0.5) is 0 Å². The van der Waals surface area contributed by atoms with Crippen LogP contribution in [0.2, 0.25) is 0 Å². The van der Waals surface area contributed by atoms with E-state index < -0.39 is 0 Å². The minimum Gasteiger partial charge on any atom is -0.343 e. The van der Waals surface area contributed by atoms with Gasteiger partial charge >= 0.3 is 0 Å². The summed E-state index contributed by atoms with van der Waals surface area (Å²) in [5.74, 6) is 0.733. The molecule has 0 spiro atoms. The Bertz CT molecular complexity index is 415. The molecule has 0 aliphatic carbocycles. The number of rotatable bonds is 9. The number of amides is 1. The number of carbonyl (C=O) groups excluding carboxylic acids is 1. The lowest BCUT2D eigenvalue weighted by molar-refractivity contribution is -0.127. The second-order valence-corrected chi connectivity index (χ2v) is 6.15. The van der Waals surface area contributed by atoms with E-state index in [2.05, 4.69) is 43.4 Å². The van der Waals surface area contributed by atoms with Crippen molar-refractivity contribution in [1.29, 1.82) is 0 Å².